The van der Waals surface area contributed by atoms with Crippen LogP contribution in [0.5, 0.6) is 0 Å². The van der Waals surface area contributed by atoms with Gasteiger partial charge in [0.05, 0.1) is 0 Å². The number of Topliss-reactive ketones (excluding diaryl/α,β-unsaturated/α-hetero) is 1. The lowest BCUT2D eigenvalue weighted by molar-refractivity contribution is -0.125. The van der Waals surface area contributed by atoms with Crippen molar-refractivity contribution in [2.75, 3.05) is 7.05 Å². The van der Waals surface area contributed by atoms with Crippen LogP contribution in [0.4, 0.5) is 0 Å². The number of allylic oxidation sites excluding steroid dienone is 2. The molecule has 1 N–H and O–H groups in total. The number of nitrogens with one attached hydrogen (secondary N) is 1. The molecule has 0 bridgehead atoms. The average Bonchev–Trinajstić information content (AvgIpc) is 2.72. The molecule has 4 unspecified atom stereocenters. The van der Waals surface area contributed by atoms with Crippen molar-refractivity contribution in [3.8, 4) is 0 Å². The Morgan fingerprint density at radius 1 is 1.15 bits per heavy atom. The lowest BCUT2D eigenvalue weighted by Gasteiger charge is -2.39. The van der Waals surface area contributed by atoms with E-state index < -0.39 is 0 Å². The van der Waals surface area contributed by atoms with Crippen LogP contribution < -0.4 is 5.32 Å². The Bertz CT molecular complexity index is 534. The first kappa shape index (κ1) is 20.8. The summed E-state index contributed by atoms with van der Waals surface area (Å²) in [6.07, 6.45) is 21.0. The standard InChI is InChI=1S/C25H41NO/c1-19(9-8-12-20-10-4-3-5-11-20)24(26-2)18-25(27)23-16-15-21-13-6-7-14-22(21)17-23/h10,21-24,26H,1,3-9,11-18H2,2H3. The van der Waals surface area contributed by atoms with Crippen LogP contribution in [0.3, 0.4) is 0 Å². The van der Waals surface area contributed by atoms with Crippen molar-refractivity contribution in [1.82, 2.24) is 5.32 Å². The minimum atomic E-state index is 0.168. The zero-order chi connectivity index (χ0) is 19.1. The zero-order valence-corrected chi connectivity index (χ0v) is 17.6. The molecule has 4 atom stereocenters. The van der Waals surface area contributed by atoms with Gasteiger partial charge < -0.3 is 5.32 Å². The minimum Gasteiger partial charge on any atom is -0.313 e. The van der Waals surface area contributed by atoms with Crippen LogP contribution in [0.15, 0.2) is 23.8 Å². The fourth-order valence-corrected chi connectivity index (χ4v) is 5.83. The predicted octanol–water partition coefficient (Wildman–Crippen LogP) is 6.37. The second-order valence-corrected chi connectivity index (χ2v) is 9.45. The summed E-state index contributed by atoms with van der Waals surface area (Å²) in [7, 11) is 1.99. The van der Waals surface area contributed by atoms with E-state index >= 15 is 0 Å². The second-order valence-electron chi connectivity index (χ2n) is 9.45. The first-order valence-corrected chi connectivity index (χ1v) is 11.7. The molecule has 0 saturated heterocycles. The second kappa shape index (κ2) is 10.6. The molecule has 0 spiro atoms. The van der Waals surface area contributed by atoms with Crippen LogP contribution in [0.25, 0.3) is 0 Å². The van der Waals surface area contributed by atoms with Crippen molar-refractivity contribution in [2.45, 2.75) is 102 Å². The number of ketones is 1. The van der Waals surface area contributed by atoms with Crippen LogP contribution >= 0.6 is 0 Å². The maximum atomic E-state index is 13.0. The first-order chi connectivity index (χ1) is 13.2. The third-order valence-corrected chi connectivity index (χ3v) is 7.62. The van der Waals surface area contributed by atoms with E-state index in [0.29, 0.717) is 18.1 Å². The number of likely N-dealkylation sites (N-methyl/N-ethyl adjacent to an activating group) is 1. The van der Waals surface area contributed by atoms with E-state index in [9.17, 15) is 4.79 Å². The Balaban J connectivity index is 1.42. The number of carbonyl (C=O) groups is 1. The van der Waals surface area contributed by atoms with Gasteiger partial charge in [0.2, 0.25) is 0 Å². The predicted molar refractivity (Wildman–Crippen MR) is 115 cm³/mol. The highest BCUT2D eigenvalue weighted by Gasteiger charge is 2.35. The van der Waals surface area contributed by atoms with Crippen molar-refractivity contribution in [2.24, 2.45) is 17.8 Å². The molecule has 0 aromatic carbocycles. The van der Waals surface area contributed by atoms with Crippen molar-refractivity contribution >= 4 is 5.78 Å². The average molecular weight is 372 g/mol. The number of hydrogen-bond acceptors (Lipinski definition) is 2. The third kappa shape index (κ3) is 6.04. The number of carbonyl (C=O) groups excluding carboxylic acids is 1. The normalized spacial score (nSPS) is 29.5. The molecule has 27 heavy (non-hydrogen) atoms. The Kier molecular flexibility index (Phi) is 8.18. The van der Waals surface area contributed by atoms with Gasteiger partial charge in [0.15, 0.2) is 0 Å². The molecule has 2 saturated carbocycles. The van der Waals surface area contributed by atoms with Gasteiger partial charge in [0, 0.05) is 18.4 Å². The molecule has 0 amide bonds. The zero-order valence-electron chi connectivity index (χ0n) is 17.6. The highest BCUT2D eigenvalue weighted by molar-refractivity contribution is 5.82. The van der Waals surface area contributed by atoms with Crippen LogP contribution in [0.1, 0.15) is 96.3 Å². The van der Waals surface area contributed by atoms with E-state index in [2.05, 4.69) is 18.0 Å². The van der Waals surface area contributed by atoms with Gasteiger partial charge in [-0.2, -0.15) is 0 Å². The maximum absolute atomic E-state index is 13.0. The van der Waals surface area contributed by atoms with Gasteiger partial charge in [-0.25, -0.2) is 0 Å². The van der Waals surface area contributed by atoms with Gasteiger partial charge in [-0.05, 0) is 83.1 Å². The number of hydrogen-bond donors (Lipinski definition) is 1. The van der Waals surface area contributed by atoms with Crippen LogP contribution in [0.2, 0.25) is 0 Å². The molecule has 0 aromatic heterocycles. The SMILES string of the molecule is C=C(CCCC1=CCCCC1)C(CC(=O)C1CCC2CCCCC2C1)NC. The third-order valence-electron chi connectivity index (χ3n) is 7.62. The molecular formula is C25H41NO. The number of rotatable bonds is 9. The summed E-state index contributed by atoms with van der Waals surface area (Å²) in [5.74, 6) is 2.57. The van der Waals surface area contributed by atoms with Gasteiger partial charge >= 0.3 is 0 Å². The lowest BCUT2D eigenvalue weighted by Crippen LogP contribution is -2.35. The number of fused-ring (bicyclic) bond motifs is 1. The van der Waals surface area contributed by atoms with Gasteiger partial charge in [0.25, 0.3) is 0 Å². The van der Waals surface area contributed by atoms with E-state index in [-0.39, 0.29) is 6.04 Å². The summed E-state index contributed by atoms with van der Waals surface area (Å²) in [6.45, 7) is 4.34. The molecule has 3 aliphatic carbocycles. The molecule has 0 heterocycles. The molecule has 2 heteroatoms. The summed E-state index contributed by atoms with van der Waals surface area (Å²) < 4.78 is 0. The molecule has 0 aliphatic heterocycles. The van der Waals surface area contributed by atoms with Crippen LogP contribution in [0, 0.1) is 17.8 Å². The highest BCUT2D eigenvalue weighted by Crippen LogP contribution is 2.43. The van der Waals surface area contributed by atoms with Crippen LogP contribution in [-0.2, 0) is 4.79 Å². The Labute approximate surface area is 167 Å². The topological polar surface area (TPSA) is 29.1 Å². The quantitative estimate of drug-likeness (QED) is 0.477. The summed E-state index contributed by atoms with van der Waals surface area (Å²) >= 11 is 0. The van der Waals surface area contributed by atoms with Crippen molar-refractivity contribution in [3.63, 3.8) is 0 Å². The van der Waals surface area contributed by atoms with Crippen molar-refractivity contribution in [1.29, 1.82) is 0 Å². The van der Waals surface area contributed by atoms with E-state index in [1.165, 1.54) is 82.6 Å². The molecule has 3 aliphatic rings. The van der Waals surface area contributed by atoms with E-state index in [0.717, 1.165) is 24.7 Å². The summed E-state index contributed by atoms with van der Waals surface area (Å²) in [6, 6.07) is 0.168. The molecule has 2 nitrogen and oxygen atoms in total. The molecule has 3 rings (SSSR count). The Hall–Kier alpha value is -0.890. The fraction of sp³-hybridized carbons (Fsp3) is 0.800. The molecule has 152 valence electrons. The van der Waals surface area contributed by atoms with Crippen LogP contribution in [-0.4, -0.2) is 18.9 Å². The largest absolute Gasteiger partial charge is 0.313 e. The highest BCUT2D eigenvalue weighted by atomic mass is 16.1. The monoisotopic (exact) mass is 371 g/mol. The van der Waals surface area contributed by atoms with Crippen molar-refractivity contribution < 1.29 is 4.79 Å². The molecule has 0 aromatic rings. The smallest absolute Gasteiger partial charge is 0.137 e. The molecular weight excluding hydrogens is 330 g/mol. The molecule has 0 radical (unpaired) electrons. The molecule has 2 fully saturated rings. The van der Waals surface area contributed by atoms with E-state index in [1.54, 1.807) is 5.57 Å². The minimum absolute atomic E-state index is 0.168. The fourth-order valence-electron chi connectivity index (χ4n) is 5.83. The van der Waals surface area contributed by atoms with E-state index in [1.807, 2.05) is 7.05 Å². The van der Waals surface area contributed by atoms with E-state index in [4.69, 9.17) is 0 Å². The summed E-state index contributed by atoms with van der Waals surface area (Å²) in [5.41, 5.74) is 2.88. The van der Waals surface area contributed by atoms with Gasteiger partial charge in [-0.1, -0.05) is 49.5 Å². The van der Waals surface area contributed by atoms with Gasteiger partial charge in [0.1, 0.15) is 5.78 Å². The Morgan fingerprint density at radius 3 is 2.70 bits per heavy atom. The first-order valence-electron chi connectivity index (χ1n) is 11.7. The lowest BCUT2D eigenvalue weighted by atomic mass is 9.66. The maximum Gasteiger partial charge on any atom is 0.137 e. The van der Waals surface area contributed by atoms with Gasteiger partial charge in [-0.15, -0.1) is 0 Å². The Morgan fingerprint density at radius 2 is 1.96 bits per heavy atom. The van der Waals surface area contributed by atoms with Gasteiger partial charge in [-0.3, -0.25) is 4.79 Å². The van der Waals surface area contributed by atoms with Crippen molar-refractivity contribution in [3.05, 3.63) is 23.8 Å². The summed E-state index contributed by atoms with van der Waals surface area (Å²) in [4.78, 5) is 13.0. The summed E-state index contributed by atoms with van der Waals surface area (Å²) in [5, 5.41) is 3.38.